The zero-order chi connectivity index (χ0) is 13.0. The van der Waals surface area contributed by atoms with Gasteiger partial charge in [-0.2, -0.15) is 0 Å². The monoisotopic (exact) mass is 259 g/mol. The number of nitro groups is 1. The Morgan fingerprint density at radius 2 is 2.24 bits per heavy atom. The summed E-state index contributed by atoms with van der Waals surface area (Å²) in [6.07, 6.45) is 0. The minimum Gasteiger partial charge on any atom is -0.395 e. The van der Waals surface area contributed by atoms with Crippen molar-refractivity contribution in [2.75, 3.05) is 18.1 Å². The summed E-state index contributed by atoms with van der Waals surface area (Å²) in [6.45, 7) is 3.89. The maximum Gasteiger partial charge on any atom is 0.311 e. The fourth-order valence-corrected chi connectivity index (χ4v) is 1.63. The summed E-state index contributed by atoms with van der Waals surface area (Å²) in [7, 11) is 0. The van der Waals surface area contributed by atoms with Gasteiger partial charge < -0.3 is 10.0 Å². The summed E-state index contributed by atoms with van der Waals surface area (Å²) < 4.78 is 0. The van der Waals surface area contributed by atoms with Gasteiger partial charge in [-0.25, -0.2) is 4.98 Å². The van der Waals surface area contributed by atoms with Crippen LogP contribution in [0.2, 0.25) is 5.15 Å². The third-order valence-electron chi connectivity index (χ3n) is 2.25. The van der Waals surface area contributed by atoms with Gasteiger partial charge in [-0.3, -0.25) is 10.1 Å². The highest BCUT2D eigenvalue weighted by Gasteiger charge is 2.23. The molecule has 1 heterocycles. The smallest absolute Gasteiger partial charge is 0.311 e. The van der Waals surface area contributed by atoms with E-state index >= 15 is 0 Å². The molecule has 6 nitrogen and oxygen atoms in total. The number of anilines is 1. The summed E-state index contributed by atoms with van der Waals surface area (Å²) >= 11 is 5.75. The van der Waals surface area contributed by atoms with Gasteiger partial charge >= 0.3 is 5.69 Å². The van der Waals surface area contributed by atoms with Crippen molar-refractivity contribution < 1.29 is 10.0 Å². The van der Waals surface area contributed by atoms with Crippen molar-refractivity contribution in [1.82, 2.24) is 4.98 Å². The Labute approximate surface area is 104 Å². The van der Waals surface area contributed by atoms with Crippen LogP contribution in [0.5, 0.6) is 0 Å². The highest BCUT2D eigenvalue weighted by atomic mass is 35.5. The molecule has 1 N–H and O–H groups in total. The number of pyridine rings is 1. The van der Waals surface area contributed by atoms with Crippen LogP contribution in [-0.4, -0.2) is 34.2 Å². The van der Waals surface area contributed by atoms with Crippen LogP contribution in [-0.2, 0) is 0 Å². The highest BCUT2D eigenvalue weighted by molar-refractivity contribution is 6.29. The molecule has 0 fully saturated rings. The molecule has 0 radical (unpaired) electrons. The standard InChI is InChI=1S/C10H14ClN3O3/c1-7(2)13(5-6-15)10-8(14(16)17)3-4-9(11)12-10/h3-4,7,15H,5-6H2,1-2H3. The third kappa shape index (κ3) is 3.28. The van der Waals surface area contributed by atoms with Crippen molar-refractivity contribution in [3.05, 3.63) is 27.4 Å². The SMILES string of the molecule is CC(C)N(CCO)c1nc(Cl)ccc1[N+](=O)[O-]. The van der Waals surface area contributed by atoms with E-state index in [1.54, 1.807) is 4.90 Å². The van der Waals surface area contributed by atoms with Crippen LogP contribution in [0.1, 0.15) is 13.8 Å². The average Bonchev–Trinajstić information content (AvgIpc) is 2.24. The molecule has 0 amide bonds. The first-order valence-corrected chi connectivity index (χ1v) is 5.53. The fraction of sp³-hybridized carbons (Fsp3) is 0.500. The van der Waals surface area contributed by atoms with E-state index in [2.05, 4.69) is 4.98 Å². The summed E-state index contributed by atoms with van der Waals surface area (Å²) in [4.78, 5) is 16.0. The number of nitrogens with zero attached hydrogens (tertiary/aromatic N) is 3. The van der Waals surface area contributed by atoms with E-state index in [-0.39, 0.29) is 35.9 Å². The number of rotatable bonds is 5. The maximum absolute atomic E-state index is 10.9. The Morgan fingerprint density at radius 3 is 2.71 bits per heavy atom. The zero-order valence-corrected chi connectivity index (χ0v) is 10.4. The van der Waals surface area contributed by atoms with Crippen LogP contribution in [0, 0.1) is 10.1 Å². The lowest BCUT2D eigenvalue weighted by Crippen LogP contribution is -2.34. The number of aliphatic hydroxyl groups is 1. The fourth-order valence-electron chi connectivity index (χ4n) is 1.49. The van der Waals surface area contributed by atoms with Gasteiger partial charge in [0.1, 0.15) is 5.15 Å². The second kappa shape index (κ2) is 5.79. The molecule has 7 heteroatoms. The Kier molecular flexibility index (Phi) is 4.65. The topological polar surface area (TPSA) is 79.5 Å². The van der Waals surface area contributed by atoms with Gasteiger partial charge in [-0.1, -0.05) is 11.6 Å². The van der Waals surface area contributed by atoms with E-state index in [0.29, 0.717) is 0 Å². The Hall–Kier alpha value is -1.40. The van der Waals surface area contributed by atoms with Gasteiger partial charge in [-0.15, -0.1) is 0 Å². The molecule has 0 unspecified atom stereocenters. The highest BCUT2D eigenvalue weighted by Crippen LogP contribution is 2.28. The van der Waals surface area contributed by atoms with Crippen molar-refractivity contribution in [1.29, 1.82) is 0 Å². The Bertz CT molecular complexity index is 412. The van der Waals surface area contributed by atoms with Gasteiger partial charge in [-0.05, 0) is 19.9 Å². The van der Waals surface area contributed by atoms with Gasteiger partial charge in [0.05, 0.1) is 11.5 Å². The molecule has 0 saturated carbocycles. The second-order valence-corrected chi connectivity index (χ2v) is 4.13. The molecule has 0 saturated heterocycles. The lowest BCUT2D eigenvalue weighted by atomic mass is 10.3. The molecule has 0 aliphatic carbocycles. The molecule has 0 spiro atoms. The van der Waals surface area contributed by atoms with Crippen molar-refractivity contribution in [2.24, 2.45) is 0 Å². The van der Waals surface area contributed by atoms with Crippen LogP contribution in [0.3, 0.4) is 0 Å². The van der Waals surface area contributed by atoms with Crippen molar-refractivity contribution in [3.63, 3.8) is 0 Å². The van der Waals surface area contributed by atoms with Gasteiger partial charge in [0.2, 0.25) is 5.82 Å². The summed E-state index contributed by atoms with van der Waals surface area (Å²) in [5, 5.41) is 20.1. The second-order valence-electron chi connectivity index (χ2n) is 3.74. The molecule has 1 aromatic rings. The first-order valence-electron chi connectivity index (χ1n) is 5.15. The molecular formula is C10H14ClN3O3. The Morgan fingerprint density at radius 1 is 1.59 bits per heavy atom. The molecule has 94 valence electrons. The molecular weight excluding hydrogens is 246 g/mol. The molecule has 17 heavy (non-hydrogen) atoms. The van der Waals surface area contributed by atoms with E-state index in [0.717, 1.165) is 0 Å². The normalized spacial score (nSPS) is 10.6. The predicted molar refractivity (Wildman–Crippen MR) is 65.5 cm³/mol. The van der Waals surface area contributed by atoms with E-state index in [4.69, 9.17) is 16.7 Å². The van der Waals surface area contributed by atoms with Gasteiger partial charge in [0, 0.05) is 18.7 Å². The number of aromatic nitrogens is 1. The molecule has 1 rings (SSSR count). The van der Waals surface area contributed by atoms with Crippen LogP contribution < -0.4 is 4.90 Å². The zero-order valence-electron chi connectivity index (χ0n) is 9.63. The van der Waals surface area contributed by atoms with E-state index in [1.807, 2.05) is 13.8 Å². The van der Waals surface area contributed by atoms with Gasteiger partial charge in [0.25, 0.3) is 0 Å². The minimum absolute atomic E-state index is 0.0215. The Balaban J connectivity index is 3.24. The maximum atomic E-state index is 10.9. The predicted octanol–water partition coefficient (Wildman–Crippen LogP) is 1.85. The first kappa shape index (κ1) is 13.7. The largest absolute Gasteiger partial charge is 0.395 e. The molecule has 0 bridgehead atoms. The van der Waals surface area contributed by atoms with E-state index in [9.17, 15) is 10.1 Å². The number of hydrogen-bond acceptors (Lipinski definition) is 5. The summed E-state index contributed by atoms with van der Waals surface area (Å²) in [5.41, 5.74) is -0.114. The lowest BCUT2D eigenvalue weighted by molar-refractivity contribution is -0.384. The van der Waals surface area contributed by atoms with Crippen molar-refractivity contribution in [3.8, 4) is 0 Å². The first-order chi connectivity index (χ1) is 7.97. The average molecular weight is 260 g/mol. The van der Waals surface area contributed by atoms with E-state index in [1.165, 1.54) is 12.1 Å². The molecule has 0 aliphatic heterocycles. The van der Waals surface area contributed by atoms with Crippen LogP contribution in [0.15, 0.2) is 12.1 Å². The van der Waals surface area contributed by atoms with Crippen LogP contribution >= 0.6 is 11.6 Å². The molecule has 0 aromatic carbocycles. The van der Waals surface area contributed by atoms with Crippen molar-refractivity contribution in [2.45, 2.75) is 19.9 Å². The van der Waals surface area contributed by atoms with Crippen LogP contribution in [0.25, 0.3) is 0 Å². The number of hydrogen-bond donors (Lipinski definition) is 1. The van der Waals surface area contributed by atoms with Crippen molar-refractivity contribution >= 4 is 23.1 Å². The van der Waals surface area contributed by atoms with Crippen LogP contribution in [0.4, 0.5) is 11.5 Å². The quantitative estimate of drug-likeness (QED) is 0.496. The minimum atomic E-state index is -0.509. The van der Waals surface area contributed by atoms with E-state index < -0.39 is 4.92 Å². The third-order valence-corrected chi connectivity index (χ3v) is 2.46. The molecule has 1 aromatic heterocycles. The molecule has 0 aliphatic rings. The summed E-state index contributed by atoms with van der Waals surface area (Å²) in [5.74, 6) is 0.187. The number of aliphatic hydroxyl groups excluding tert-OH is 1. The molecule has 0 atom stereocenters. The summed E-state index contributed by atoms with van der Waals surface area (Å²) in [6, 6.07) is 2.67. The number of halogens is 1. The van der Waals surface area contributed by atoms with Gasteiger partial charge in [0.15, 0.2) is 0 Å². The lowest BCUT2D eigenvalue weighted by Gasteiger charge is -2.26.